The molecule has 1 amide bonds. The molecular formula is C16H23ClN2O2. The largest absolute Gasteiger partial charge is 0.508 e. The quantitative estimate of drug-likeness (QED) is 0.835. The number of aromatic hydroxyl groups is 1. The van der Waals surface area contributed by atoms with Gasteiger partial charge in [0.2, 0.25) is 5.91 Å². The van der Waals surface area contributed by atoms with E-state index in [4.69, 9.17) is 0 Å². The van der Waals surface area contributed by atoms with E-state index in [1.807, 2.05) is 11.0 Å². The number of phenolic OH excluding ortho intramolecular Hbond substituents is 1. The van der Waals surface area contributed by atoms with Crippen LogP contribution in [0.3, 0.4) is 0 Å². The molecule has 2 heterocycles. The summed E-state index contributed by atoms with van der Waals surface area (Å²) in [4.78, 5) is 14.7. The summed E-state index contributed by atoms with van der Waals surface area (Å²) in [6.07, 6.45) is 2.90. The maximum absolute atomic E-state index is 12.8. The second-order valence-corrected chi connectivity index (χ2v) is 6.27. The molecule has 3 rings (SSSR count). The SMILES string of the molecule is CC1(C(=O)N2CCc3ccc(O)cc3C2)CCCNC1.Cl. The van der Waals surface area contributed by atoms with Crippen LogP contribution in [0.5, 0.6) is 5.75 Å². The third-order valence-corrected chi connectivity index (χ3v) is 4.60. The van der Waals surface area contributed by atoms with Crippen LogP contribution in [0.2, 0.25) is 0 Å². The molecule has 2 aliphatic rings. The summed E-state index contributed by atoms with van der Waals surface area (Å²) in [5.41, 5.74) is 2.06. The Bertz CT molecular complexity index is 527. The molecule has 1 unspecified atom stereocenters. The number of nitrogens with one attached hydrogen (secondary N) is 1. The van der Waals surface area contributed by atoms with Gasteiger partial charge in [-0.15, -0.1) is 12.4 Å². The molecule has 1 aromatic rings. The van der Waals surface area contributed by atoms with E-state index >= 15 is 0 Å². The van der Waals surface area contributed by atoms with Gasteiger partial charge in [0.1, 0.15) is 5.75 Å². The zero-order chi connectivity index (χ0) is 14.2. The zero-order valence-corrected chi connectivity index (χ0v) is 13.2. The van der Waals surface area contributed by atoms with Gasteiger partial charge in [-0.1, -0.05) is 6.07 Å². The van der Waals surface area contributed by atoms with Crippen LogP contribution in [0.25, 0.3) is 0 Å². The molecule has 0 aromatic heterocycles. The maximum Gasteiger partial charge on any atom is 0.230 e. The number of carbonyl (C=O) groups excluding carboxylic acids is 1. The van der Waals surface area contributed by atoms with Crippen molar-refractivity contribution in [3.8, 4) is 5.75 Å². The summed E-state index contributed by atoms with van der Waals surface area (Å²) >= 11 is 0. The third kappa shape index (κ3) is 3.16. The van der Waals surface area contributed by atoms with Crippen LogP contribution in [-0.2, 0) is 17.8 Å². The van der Waals surface area contributed by atoms with Crippen molar-refractivity contribution in [3.63, 3.8) is 0 Å². The normalized spacial score (nSPS) is 24.9. The number of phenols is 1. The first kappa shape index (κ1) is 16.1. The Hall–Kier alpha value is -1.26. The van der Waals surface area contributed by atoms with Crippen LogP contribution in [0.15, 0.2) is 18.2 Å². The first-order chi connectivity index (χ1) is 9.58. The number of halogens is 1. The number of nitrogens with zero attached hydrogens (tertiary/aromatic N) is 1. The average molecular weight is 311 g/mol. The Morgan fingerprint density at radius 2 is 2.19 bits per heavy atom. The standard InChI is InChI=1S/C16H22N2O2.ClH/c1-16(6-2-7-17-11-16)15(20)18-8-5-12-3-4-14(19)9-13(12)10-18;/h3-4,9,17,19H,2,5-8,10-11H2,1H3;1H. The molecule has 21 heavy (non-hydrogen) atoms. The predicted octanol–water partition coefficient (Wildman–Crippen LogP) is 2.09. The lowest BCUT2D eigenvalue weighted by Gasteiger charge is -2.39. The number of rotatable bonds is 1. The van der Waals surface area contributed by atoms with Crippen molar-refractivity contribution in [1.29, 1.82) is 0 Å². The van der Waals surface area contributed by atoms with Gasteiger partial charge in [0.15, 0.2) is 0 Å². The molecule has 0 spiro atoms. The fourth-order valence-electron chi connectivity index (χ4n) is 3.34. The molecule has 5 heteroatoms. The van der Waals surface area contributed by atoms with Crippen LogP contribution in [0, 0.1) is 5.41 Å². The van der Waals surface area contributed by atoms with Crippen LogP contribution in [0.4, 0.5) is 0 Å². The summed E-state index contributed by atoms with van der Waals surface area (Å²) in [6.45, 7) is 5.26. The molecule has 1 atom stereocenters. The van der Waals surface area contributed by atoms with E-state index in [1.54, 1.807) is 12.1 Å². The van der Waals surface area contributed by atoms with Gasteiger partial charge >= 0.3 is 0 Å². The Labute approximate surface area is 131 Å². The highest BCUT2D eigenvalue weighted by Gasteiger charge is 2.38. The van der Waals surface area contributed by atoms with Gasteiger partial charge in [0.05, 0.1) is 5.41 Å². The van der Waals surface area contributed by atoms with Crippen molar-refractivity contribution >= 4 is 18.3 Å². The van der Waals surface area contributed by atoms with E-state index in [2.05, 4.69) is 12.2 Å². The van der Waals surface area contributed by atoms with Gasteiger partial charge < -0.3 is 15.3 Å². The second-order valence-electron chi connectivity index (χ2n) is 6.27. The number of benzene rings is 1. The molecule has 4 nitrogen and oxygen atoms in total. The summed E-state index contributed by atoms with van der Waals surface area (Å²) < 4.78 is 0. The minimum atomic E-state index is -0.271. The number of hydrogen-bond donors (Lipinski definition) is 2. The van der Waals surface area contributed by atoms with Crippen molar-refractivity contribution in [2.45, 2.75) is 32.7 Å². The monoisotopic (exact) mass is 310 g/mol. The fourth-order valence-corrected chi connectivity index (χ4v) is 3.34. The van der Waals surface area contributed by atoms with Crippen molar-refractivity contribution < 1.29 is 9.90 Å². The highest BCUT2D eigenvalue weighted by atomic mass is 35.5. The fraction of sp³-hybridized carbons (Fsp3) is 0.562. The van der Waals surface area contributed by atoms with Crippen molar-refractivity contribution in [2.24, 2.45) is 5.41 Å². The van der Waals surface area contributed by atoms with E-state index in [1.165, 1.54) is 5.56 Å². The van der Waals surface area contributed by atoms with Crippen molar-refractivity contribution in [1.82, 2.24) is 10.2 Å². The number of piperidine rings is 1. The summed E-state index contributed by atoms with van der Waals surface area (Å²) in [5, 5.41) is 12.9. The van der Waals surface area contributed by atoms with Crippen LogP contribution >= 0.6 is 12.4 Å². The van der Waals surface area contributed by atoms with Gasteiger partial charge in [0, 0.05) is 19.6 Å². The second kappa shape index (κ2) is 6.24. The number of hydrogen-bond acceptors (Lipinski definition) is 3. The molecule has 0 bridgehead atoms. The maximum atomic E-state index is 12.8. The van der Waals surface area contributed by atoms with E-state index in [0.29, 0.717) is 6.54 Å². The summed E-state index contributed by atoms with van der Waals surface area (Å²) in [7, 11) is 0. The van der Waals surface area contributed by atoms with Crippen molar-refractivity contribution in [2.75, 3.05) is 19.6 Å². The first-order valence-electron chi connectivity index (χ1n) is 7.39. The topological polar surface area (TPSA) is 52.6 Å². The molecule has 2 N–H and O–H groups in total. The van der Waals surface area contributed by atoms with Crippen molar-refractivity contribution in [3.05, 3.63) is 29.3 Å². The Kier molecular flexibility index (Phi) is 4.79. The molecule has 1 fully saturated rings. The Balaban J connectivity index is 0.00000161. The van der Waals surface area contributed by atoms with E-state index in [-0.39, 0.29) is 29.5 Å². The van der Waals surface area contributed by atoms with Gasteiger partial charge in [-0.25, -0.2) is 0 Å². The molecule has 0 saturated carbocycles. The van der Waals surface area contributed by atoms with Crippen LogP contribution < -0.4 is 5.32 Å². The van der Waals surface area contributed by atoms with Gasteiger partial charge in [-0.2, -0.15) is 0 Å². The lowest BCUT2D eigenvalue weighted by molar-refractivity contribution is -0.143. The Morgan fingerprint density at radius 3 is 2.90 bits per heavy atom. The number of fused-ring (bicyclic) bond motifs is 1. The predicted molar refractivity (Wildman–Crippen MR) is 84.7 cm³/mol. The average Bonchev–Trinajstić information content (AvgIpc) is 2.46. The minimum Gasteiger partial charge on any atom is -0.508 e. The number of amides is 1. The lowest BCUT2D eigenvalue weighted by Crippen LogP contribution is -2.51. The van der Waals surface area contributed by atoms with Gasteiger partial charge in [0.25, 0.3) is 0 Å². The molecular weight excluding hydrogens is 288 g/mol. The Morgan fingerprint density at radius 1 is 1.38 bits per heavy atom. The molecule has 1 aromatic carbocycles. The summed E-state index contributed by atoms with van der Waals surface area (Å²) in [6, 6.07) is 5.48. The van der Waals surface area contributed by atoms with Gasteiger partial charge in [-0.05, 0) is 56.0 Å². The first-order valence-corrected chi connectivity index (χ1v) is 7.39. The number of carbonyl (C=O) groups is 1. The lowest BCUT2D eigenvalue weighted by atomic mass is 9.81. The highest BCUT2D eigenvalue weighted by molar-refractivity contribution is 5.85. The minimum absolute atomic E-state index is 0. The summed E-state index contributed by atoms with van der Waals surface area (Å²) in [5.74, 6) is 0.530. The molecule has 116 valence electrons. The van der Waals surface area contributed by atoms with E-state index < -0.39 is 0 Å². The smallest absolute Gasteiger partial charge is 0.230 e. The molecule has 1 saturated heterocycles. The van der Waals surface area contributed by atoms with Crippen LogP contribution in [-0.4, -0.2) is 35.5 Å². The van der Waals surface area contributed by atoms with E-state index in [0.717, 1.165) is 44.5 Å². The highest BCUT2D eigenvalue weighted by Crippen LogP contribution is 2.31. The molecule has 0 aliphatic carbocycles. The molecule has 2 aliphatic heterocycles. The van der Waals surface area contributed by atoms with Crippen LogP contribution in [0.1, 0.15) is 30.9 Å². The van der Waals surface area contributed by atoms with Gasteiger partial charge in [-0.3, -0.25) is 4.79 Å². The third-order valence-electron chi connectivity index (χ3n) is 4.60. The zero-order valence-electron chi connectivity index (χ0n) is 12.4. The van der Waals surface area contributed by atoms with E-state index in [9.17, 15) is 9.90 Å². The molecule has 0 radical (unpaired) electrons.